The highest BCUT2D eigenvalue weighted by atomic mass is 32.1. The minimum absolute atomic E-state index is 0.566. The number of piperidine rings is 1. The number of rotatable bonds is 6. The molecule has 108 valence electrons. The highest BCUT2D eigenvalue weighted by molar-refractivity contribution is 7.11. The van der Waals surface area contributed by atoms with Gasteiger partial charge in [-0.1, -0.05) is 6.42 Å². The number of nitrogens with two attached hydrogens (primary N) is 1. The van der Waals surface area contributed by atoms with Crippen molar-refractivity contribution in [3.8, 4) is 0 Å². The Morgan fingerprint density at radius 1 is 1.47 bits per heavy atom. The van der Waals surface area contributed by atoms with Gasteiger partial charge in [-0.3, -0.25) is 0 Å². The van der Waals surface area contributed by atoms with Crippen LogP contribution in [-0.4, -0.2) is 36.1 Å². The van der Waals surface area contributed by atoms with Gasteiger partial charge >= 0.3 is 0 Å². The predicted octanol–water partition coefficient (Wildman–Crippen LogP) is 2.17. The number of methoxy groups -OCH3 is 1. The molecule has 2 N–H and O–H groups in total. The third kappa shape index (κ3) is 3.99. The van der Waals surface area contributed by atoms with E-state index < -0.39 is 0 Å². The maximum Gasteiger partial charge on any atom is 0.0945 e. The molecule has 4 nitrogen and oxygen atoms in total. The van der Waals surface area contributed by atoms with Gasteiger partial charge in [-0.25, -0.2) is 4.98 Å². The first-order chi connectivity index (χ1) is 9.24. The summed E-state index contributed by atoms with van der Waals surface area (Å²) in [4.78, 5) is 8.42. The van der Waals surface area contributed by atoms with E-state index in [-0.39, 0.29) is 0 Å². The number of ether oxygens (including phenoxy) is 1. The topological polar surface area (TPSA) is 51.4 Å². The van der Waals surface area contributed by atoms with Gasteiger partial charge in [-0.2, -0.15) is 0 Å². The summed E-state index contributed by atoms with van der Waals surface area (Å²) in [7, 11) is 1.70. The van der Waals surface area contributed by atoms with Gasteiger partial charge in [0.25, 0.3) is 0 Å². The number of likely N-dealkylation sites (tertiary alicyclic amines) is 1. The van der Waals surface area contributed by atoms with Crippen molar-refractivity contribution < 1.29 is 4.74 Å². The monoisotopic (exact) mass is 283 g/mol. The highest BCUT2D eigenvalue weighted by Gasteiger charge is 2.18. The minimum Gasteiger partial charge on any atom is -0.378 e. The molecule has 0 amide bonds. The molecule has 5 heteroatoms. The molecule has 0 aliphatic carbocycles. The molecule has 1 aliphatic heterocycles. The van der Waals surface area contributed by atoms with Crippen LogP contribution in [0.3, 0.4) is 0 Å². The molecule has 1 saturated heterocycles. The van der Waals surface area contributed by atoms with Gasteiger partial charge in [-0.05, 0) is 26.3 Å². The van der Waals surface area contributed by atoms with Crippen molar-refractivity contribution in [2.75, 3.05) is 20.2 Å². The Kier molecular flexibility index (Phi) is 5.76. The van der Waals surface area contributed by atoms with Crippen molar-refractivity contribution in [2.24, 2.45) is 5.73 Å². The first kappa shape index (κ1) is 14.9. The summed E-state index contributed by atoms with van der Waals surface area (Å²) in [6.45, 7) is 5.83. The molecule has 1 fully saturated rings. The number of aromatic nitrogens is 1. The lowest BCUT2D eigenvalue weighted by molar-refractivity contribution is 0.162. The second-order valence-electron chi connectivity index (χ2n) is 5.25. The second kappa shape index (κ2) is 7.33. The van der Waals surface area contributed by atoms with E-state index in [1.165, 1.54) is 35.7 Å². The van der Waals surface area contributed by atoms with Crippen molar-refractivity contribution in [1.82, 2.24) is 9.88 Å². The van der Waals surface area contributed by atoms with E-state index in [1.807, 2.05) is 0 Å². The Hall–Kier alpha value is -0.490. The van der Waals surface area contributed by atoms with Crippen LogP contribution < -0.4 is 5.73 Å². The molecule has 19 heavy (non-hydrogen) atoms. The Labute approximate surface area is 120 Å². The summed E-state index contributed by atoms with van der Waals surface area (Å²) in [6.07, 6.45) is 5.09. The highest BCUT2D eigenvalue weighted by Crippen LogP contribution is 2.21. The lowest BCUT2D eigenvalue weighted by Crippen LogP contribution is -2.38. The Bertz CT molecular complexity index is 394. The van der Waals surface area contributed by atoms with Crippen LogP contribution in [0.15, 0.2) is 0 Å². The molecule has 1 unspecified atom stereocenters. The third-order valence-corrected chi connectivity index (χ3v) is 5.02. The van der Waals surface area contributed by atoms with E-state index in [1.54, 1.807) is 18.4 Å². The van der Waals surface area contributed by atoms with Gasteiger partial charge in [0.05, 0.1) is 17.3 Å². The lowest BCUT2D eigenvalue weighted by atomic mass is 10.0. The summed E-state index contributed by atoms with van der Waals surface area (Å²) in [5.74, 6) is 0. The molecule has 1 aromatic heterocycles. The molecular weight excluding hydrogens is 258 g/mol. The average Bonchev–Trinajstić information content (AvgIpc) is 2.81. The third-order valence-electron chi connectivity index (χ3n) is 3.84. The largest absolute Gasteiger partial charge is 0.378 e. The molecule has 2 rings (SSSR count). The molecule has 0 aromatic carbocycles. The maximum atomic E-state index is 5.76. The van der Waals surface area contributed by atoms with E-state index in [0.29, 0.717) is 13.2 Å². The van der Waals surface area contributed by atoms with E-state index in [4.69, 9.17) is 10.5 Å². The zero-order valence-corrected chi connectivity index (χ0v) is 12.8. The fourth-order valence-electron chi connectivity index (χ4n) is 2.68. The van der Waals surface area contributed by atoms with Crippen molar-refractivity contribution in [1.29, 1.82) is 0 Å². The normalized spacial score (nSPS) is 20.9. The van der Waals surface area contributed by atoms with Crippen LogP contribution in [-0.2, 0) is 24.3 Å². The number of hydrogen-bond acceptors (Lipinski definition) is 5. The van der Waals surface area contributed by atoms with Gasteiger partial charge in [-0.15, -0.1) is 11.3 Å². The van der Waals surface area contributed by atoms with Crippen molar-refractivity contribution in [2.45, 2.75) is 51.8 Å². The van der Waals surface area contributed by atoms with Crippen LogP contribution in [0, 0.1) is 0 Å². The first-order valence-electron chi connectivity index (χ1n) is 7.15. The molecule has 0 bridgehead atoms. The molecule has 1 aliphatic rings. The van der Waals surface area contributed by atoms with E-state index >= 15 is 0 Å². The fraction of sp³-hybridized carbons (Fsp3) is 0.786. The summed E-state index contributed by atoms with van der Waals surface area (Å²) in [6, 6.07) is 0.723. The van der Waals surface area contributed by atoms with Gasteiger partial charge in [0.15, 0.2) is 0 Å². The molecule has 0 radical (unpaired) electrons. The Morgan fingerprint density at radius 3 is 3.00 bits per heavy atom. The van der Waals surface area contributed by atoms with E-state index in [9.17, 15) is 0 Å². The standard InChI is InChI=1S/C14H25N3OS/c1-11-5-3-4-7-17(11)8-6-14-16-12(10-18-2)13(9-15)19-14/h11H,3-10,15H2,1-2H3. The molecular formula is C14H25N3OS. The maximum absolute atomic E-state index is 5.76. The lowest BCUT2D eigenvalue weighted by Gasteiger charge is -2.33. The molecule has 2 heterocycles. The summed E-state index contributed by atoms with van der Waals surface area (Å²) in [5.41, 5.74) is 6.78. The zero-order chi connectivity index (χ0) is 13.7. The van der Waals surface area contributed by atoms with Crippen LogP contribution >= 0.6 is 11.3 Å². The number of thiazole rings is 1. The van der Waals surface area contributed by atoms with Gasteiger partial charge in [0, 0.05) is 37.5 Å². The molecule has 1 atom stereocenters. The molecule has 1 aromatic rings. The van der Waals surface area contributed by atoms with Crippen LogP contribution in [0.2, 0.25) is 0 Å². The second-order valence-corrected chi connectivity index (χ2v) is 6.41. The van der Waals surface area contributed by atoms with Crippen molar-refractivity contribution in [3.05, 3.63) is 15.6 Å². The van der Waals surface area contributed by atoms with E-state index in [2.05, 4.69) is 16.8 Å². The predicted molar refractivity (Wildman–Crippen MR) is 79.3 cm³/mol. The number of nitrogens with zero attached hydrogens (tertiary/aromatic N) is 2. The van der Waals surface area contributed by atoms with Crippen LogP contribution in [0.5, 0.6) is 0 Å². The smallest absolute Gasteiger partial charge is 0.0945 e. The quantitative estimate of drug-likeness (QED) is 0.869. The minimum atomic E-state index is 0.566. The number of hydrogen-bond donors (Lipinski definition) is 1. The van der Waals surface area contributed by atoms with E-state index in [0.717, 1.165) is 24.7 Å². The molecule has 0 spiro atoms. The fourth-order valence-corrected chi connectivity index (χ4v) is 3.62. The summed E-state index contributed by atoms with van der Waals surface area (Å²) in [5, 5.41) is 1.20. The first-order valence-corrected chi connectivity index (χ1v) is 7.96. The van der Waals surface area contributed by atoms with Crippen molar-refractivity contribution >= 4 is 11.3 Å². The van der Waals surface area contributed by atoms with Gasteiger partial charge in [0.2, 0.25) is 0 Å². The molecule has 0 saturated carbocycles. The Balaban J connectivity index is 1.91. The summed E-state index contributed by atoms with van der Waals surface area (Å²) >= 11 is 1.75. The SMILES string of the molecule is COCc1nc(CCN2CCCCC2C)sc1CN. The van der Waals surface area contributed by atoms with Gasteiger partial charge in [0.1, 0.15) is 0 Å². The van der Waals surface area contributed by atoms with Crippen molar-refractivity contribution in [3.63, 3.8) is 0 Å². The summed E-state index contributed by atoms with van der Waals surface area (Å²) < 4.78 is 5.17. The van der Waals surface area contributed by atoms with Crippen LogP contribution in [0.4, 0.5) is 0 Å². The Morgan fingerprint density at radius 2 is 2.32 bits per heavy atom. The van der Waals surface area contributed by atoms with Gasteiger partial charge < -0.3 is 15.4 Å². The van der Waals surface area contributed by atoms with Crippen LogP contribution in [0.25, 0.3) is 0 Å². The zero-order valence-electron chi connectivity index (χ0n) is 12.0. The average molecular weight is 283 g/mol. The van der Waals surface area contributed by atoms with Crippen LogP contribution in [0.1, 0.15) is 41.8 Å².